The van der Waals surface area contributed by atoms with Crippen molar-refractivity contribution in [2.24, 2.45) is 0 Å². The van der Waals surface area contributed by atoms with Crippen molar-refractivity contribution >= 4 is 11.9 Å². The molecule has 0 saturated carbocycles. The third-order valence-electron chi connectivity index (χ3n) is 4.28. The lowest BCUT2D eigenvalue weighted by Crippen LogP contribution is -2.37. The van der Waals surface area contributed by atoms with Gasteiger partial charge in [0.2, 0.25) is 11.9 Å². The summed E-state index contributed by atoms with van der Waals surface area (Å²) in [5, 5.41) is 2.71. The highest BCUT2D eigenvalue weighted by Crippen LogP contribution is 2.29. The molecule has 0 aliphatic carbocycles. The number of nitrogens with zero attached hydrogens (tertiary/aromatic N) is 3. The third-order valence-corrected chi connectivity index (χ3v) is 4.28. The summed E-state index contributed by atoms with van der Waals surface area (Å²) in [4.78, 5) is 23.1. The van der Waals surface area contributed by atoms with E-state index < -0.39 is 11.7 Å². The molecule has 0 radical (unpaired) electrons. The second kappa shape index (κ2) is 8.55. The summed E-state index contributed by atoms with van der Waals surface area (Å²) in [6, 6.07) is 6.55. The first-order chi connectivity index (χ1) is 13.3. The average Bonchev–Trinajstić information content (AvgIpc) is 2.66. The maximum absolute atomic E-state index is 12.8. The van der Waals surface area contributed by atoms with E-state index in [1.165, 1.54) is 12.1 Å². The summed E-state index contributed by atoms with van der Waals surface area (Å²) in [5.41, 5.74) is 0.963. The Kier molecular flexibility index (Phi) is 6.13. The Morgan fingerprint density at radius 1 is 1.21 bits per heavy atom. The molecule has 1 N–H and O–H groups in total. The van der Waals surface area contributed by atoms with Gasteiger partial charge < -0.3 is 15.0 Å². The zero-order valence-corrected chi connectivity index (χ0v) is 15.4. The van der Waals surface area contributed by atoms with Gasteiger partial charge in [0.15, 0.2) is 0 Å². The van der Waals surface area contributed by atoms with Gasteiger partial charge in [-0.3, -0.25) is 4.79 Å². The van der Waals surface area contributed by atoms with E-state index in [2.05, 4.69) is 15.3 Å². The van der Waals surface area contributed by atoms with Crippen LogP contribution < -0.4 is 10.2 Å². The fourth-order valence-electron chi connectivity index (χ4n) is 2.91. The number of hydrogen-bond donors (Lipinski definition) is 1. The maximum Gasteiger partial charge on any atom is 0.416 e. The lowest BCUT2D eigenvalue weighted by atomic mass is 10.1. The molecule has 3 rings (SSSR count). The summed E-state index contributed by atoms with van der Waals surface area (Å²) < 4.78 is 43.7. The SMILES string of the molecule is Cc1cc(CNC(=O)Cc2cccc(C(F)(F)F)c2)nc(N2CCOCC2)n1. The number of benzene rings is 1. The van der Waals surface area contributed by atoms with Gasteiger partial charge in [-0.05, 0) is 24.6 Å². The van der Waals surface area contributed by atoms with Crippen LogP contribution in [0.4, 0.5) is 19.1 Å². The smallest absolute Gasteiger partial charge is 0.378 e. The standard InChI is InChI=1S/C19H21F3N4O2/c1-13-9-16(25-18(24-13)26-5-7-28-8-6-26)12-23-17(27)11-14-3-2-4-15(10-14)19(20,21)22/h2-4,9-10H,5-8,11-12H2,1H3,(H,23,27). The number of rotatable bonds is 5. The minimum absolute atomic E-state index is 0.135. The molecular formula is C19H21F3N4O2. The van der Waals surface area contributed by atoms with Crippen molar-refractivity contribution in [2.75, 3.05) is 31.2 Å². The Labute approximate surface area is 160 Å². The highest BCUT2D eigenvalue weighted by molar-refractivity contribution is 5.78. The van der Waals surface area contributed by atoms with E-state index in [1.54, 1.807) is 6.07 Å². The van der Waals surface area contributed by atoms with Crippen LogP contribution in [0.1, 0.15) is 22.5 Å². The van der Waals surface area contributed by atoms with Gasteiger partial charge in [-0.1, -0.05) is 18.2 Å². The van der Waals surface area contributed by atoms with E-state index in [0.717, 1.165) is 17.8 Å². The molecule has 0 spiro atoms. The third kappa shape index (κ3) is 5.41. The van der Waals surface area contributed by atoms with Gasteiger partial charge in [0.05, 0.1) is 37.4 Å². The molecule has 1 aliphatic rings. The Hall–Kier alpha value is -2.68. The molecular weight excluding hydrogens is 373 g/mol. The van der Waals surface area contributed by atoms with Crippen molar-refractivity contribution < 1.29 is 22.7 Å². The molecule has 28 heavy (non-hydrogen) atoms. The van der Waals surface area contributed by atoms with Crippen LogP contribution in [0.2, 0.25) is 0 Å². The number of hydrogen-bond acceptors (Lipinski definition) is 5. The second-order valence-electron chi connectivity index (χ2n) is 6.55. The normalized spacial score (nSPS) is 14.8. The second-order valence-corrected chi connectivity index (χ2v) is 6.55. The van der Waals surface area contributed by atoms with E-state index >= 15 is 0 Å². The van der Waals surface area contributed by atoms with E-state index in [4.69, 9.17) is 4.74 Å². The van der Waals surface area contributed by atoms with Gasteiger partial charge in [0.25, 0.3) is 0 Å². The van der Waals surface area contributed by atoms with Crippen LogP contribution in [0.3, 0.4) is 0 Å². The quantitative estimate of drug-likeness (QED) is 0.844. The van der Waals surface area contributed by atoms with Crippen LogP contribution in [0.15, 0.2) is 30.3 Å². The van der Waals surface area contributed by atoms with Gasteiger partial charge in [0.1, 0.15) is 0 Å². The molecule has 1 amide bonds. The molecule has 6 nitrogen and oxygen atoms in total. The zero-order chi connectivity index (χ0) is 20.1. The van der Waals surface area contributed by atoms with Gasteiger partial charge in [-0.2, -0.15) is 13.2 Å². The largest absolute Gasteiger partial charge is 0.416 e. The predicted molar refractivity (Wildman–Crippen MR) is 96.8 cm³/mol. The monoisotopic (exact) mass is 394 g/mol. The molecule has 1 saturated heterocycles. The van der Waals surface area contributed by atoms with Crippen LogP contribution in [-0.2, 0) is 28.7 Å². The summed E-state index contributed by atoms with van der Waals surface area (Å²) in [6.45, 7) is 4.65. The number of alkyl halides is 3. The van der Waals surface area contributed by atoms with Crippen LogP contribution >= 0.6 is 0 Å². The van der Waals surface area contributed by atoms with Crippen molar-refractivity contribution in [3.05, 3.63) is 52.8 Å². The summed E-state index contributed by atoms with van der Waals surface area (Å²) in [7, 11) is 0. The molecule has 0 atom stereocenters. The topological polar surface area (TPSA) is 67.4 Å². The van der Waals surface area contributed by atoms with Crippen molar-refractivity contribution in [3.8, 4) is 0 Å². The minimum Gasteiger partial charge on any atom is -0.378 e. The van der Waals surface area contributed by atoms with Gasteiger partial charge in [0, 0.05) is 18.8 Å². The molecule has 2 aromatic rings. The van der Waals surface area contributed by atoms with Gasteiger partial charge in [-0.15, -0.1) is 0 Å². The van der Waals surface area contributed by atoms with Crippen molar-refractivity contribution in [1.29, 1.82) is 0 Å². The van der Waals surface area contributed by atoms with E-state index in [1.807, 2.05) is 11.8 Å². The molecule has 1 aliphatic heterocycles. The predicted octanol–water partition coefficient (Wildman–Crippen LogP) is 2.50. The Balaban J connectivity index is 1.61. The number of aryl methyl sites for hydroxylation is 1. The van der Waals surface area contributed by atoms with Gasteiger partial charge in [-0.25, -0.2) is 9.97 Å². The summed E-state index contributed by atoms with van der Waals surface area (Å²) >= 11 is 0. The molecule has 0 bridgehead atoms. The maximum atomic E-state index is 12.8. The first-order valence-electron chi connectivity index (χ1n) is 8.91. The van der Waals surface area contributed by atoms with Crippen LogP contribution in [0, 0.1) is 6.92 Å². The number of amides is 1. The Bertz CT molecular complexity index is 836. The van der Waals surface area contributed by atoms with E-state index in [-0.39, 0.29) is 18.9 Å². The average molecular weight is 394 g/mol. The number of carbonyl (C=O) groups is 1. The van der Waals surface area contributed by atoms with Gasteiger partial charge >= 0.3 is 6.18 Å². The van der Waals surface area contributed by atoms with Crippen molar-refractivity contribution in [1.82, 2.24) is 15.3 Å². The van der Waals surface area contributed by atoms with Crippen LogP contribution in [0.5, 0.6) is 0 Å². The zero-order valence-electron chi connectivity index (χ0n) is 15.4. The van der Waals surface area contributed by atoms with Crippen LogP contribution in [0.25, 0.3) is 0 Å². The molecule has 0 unspecified atom stereocenters. The summed E-state index contributed by atoms with van der Waals surface area (Å²) in [5.74, 6) is 0.217. The highest BCUT2D eigenvalue weighted by Gasteiger charge is 2.30. The molecule has 9 heteroatoms. The fourth-order valence-corrected chi connectivity index (χ4v) is 2.91. The number of morpholine rings is 1. The van der Waals surface area contributed by atoms with Crippen molar-refractivity contribution in [3.63, 3.8) is 0 Å². The summed E-state index contributed by atoms with van der Waals surface area (Å²) in [6.07, 6.45) is -4.56. The van der Waals surface area contributed by atoms with Crippen LogP contribution in [-0.4, -0.2) is 42.2 Å². The molecule has 1 fully saturated rings. The number of aromatic nitrogens is 2. The lowest BCUT2D eigenvalue weighted by Gasteiger charge is -2.27. The Morgan fingerprint density at radius 2 is 1.96 bits per heavy atom. The fraction of sp³-hybridized carbons (Fsp3) is 0.421. The molecule has 150 valence electrons. The number of nitrogens with one attached hydrogen (secondary N) is 1. The number of anilines is 1. The number of halogens is 3. The molecule has 2 heterocycles. The number of ether oxygens (including phenoxy) is 1. The first kappa shape index (κ1) is 20.1. The first-order valence-corrected chi connectivity index (χ1v) is 8.91. The Morgan fingerprint density at radius 3 is 2.68 bits per heavy atom. The molecule has 1 aromatic carbocycles. The minimum atomic E-state index is -4.43. The lowest BCUT2D eigenvalue weighted by molar-refractivity contribution is -0.137. The highest BCUT2D eigenvalue weighted by atomic mass is 19.4. The molecule has 1 aromatic heterocycles. The van der Waals surface area contributed by atoms with E-state index in [0.29, 0.717) is 43.5 Å². The number of carbonyl (C=O) groups excluding carboxylic acids is 1. The van der Waals surface area contributed by atoms with Crippen molar-refractivity contribution in [2.45, 2.75) is 26.1 Å². The van der Waals surface area contributed by atoms with E-state index in [9.17, 15) is 18.0 Å².